The van der Waals surface area contributed by atoms with E-state index in [4.69, 9.17) is 19.6 Å². The van der Waals surface area contributed by atoms with Gasteiger partial charge in [0.2, 0.25) is 11.6 Å². The molecule has 32 heavy (non-hydrogen) atoms. The van der Waals surface area contributed by atoms with Crippen molar-refractivity contribution < 1.29 is 8.83 Å². The van der Waals surface area contributed by atoms with Crippen molar-refractivity contribution in [2.45, 2.75) is 12.2 Å². The third kappa shape index (κ3) is 3.20. The zero-order valence-corrected chi connectivity index (χ0v) is 17.9. The molecule has 0 aromatic carbocycles. The maximum absolute atomic E-state index is 6.34. The lowest BCUT2D eigenvalue weighted by molar-refractivity contribution is 0.150. The molecule has 6 rings (SSSR count). The van der Waals surface area contributed by atoms with Crippen molar-refractivity contribution in [2.24, 2.45) is 15.7 Å². The second-order valence-corrected chi connectivity index (χ2v) is 8.32. The molecule has 0 saturated carbocycles. The highest BCUT2D eigenvalue weighted by Crippen LogP contribution is 2.37. The number of aliphatic imine (C=N–C) groups is 2. The van der Waals surface area contributed by atoms with E-state index in [2.05, 4.69) is 29.8 Å². The van der Waals surface area contributed by atoms with Gasteiger partial charge < -0.3 is 19.5 Å². The Morgan fingerprint density at radius 3 is 2.47 bits per heavy atom. The smallest absolute Gasteiger partial charge is 0.246 e. The SMILES string of the molecule is NC1=NC(N2CCN(Cc3csnn3)CC2)=CC2=NC(c3ccco3)(c3ccco3)NN12. The third-order valence-corrected chi connectivity index (χ3v) is 6.30. The fourth-order valence-electron chi connectivity index (χ4n) is 4.14. The van der Waals surface area contributed by atoms with Gasteiger partial charge in [-0.1, -0.05) is 4.49 Å². The lowest BCUT2D eigenvalue weighted by atomic mass is 10.1. The molecule has 0 unspecified atom stereocenters. The monoisotopic (exact) mass is 451 g/mol. The Morgan fingerprint density at radius 1 is 1.09 bits per heavy atom. The van der Waals surface area contributed by atoms with Crippen LogP contribution in [0.5, 0.6) is 0 Å². The molecule has 3 aromatic rings. The highest BCUT2D eigenvalue weighted by atomic mass is 32.1. The normalized spacial score (nSPS) is 20.7. The minimum absolute atomic E-state index is 0.317. The summed E-state index contributed by atoms with van der Waals surface area (Å²) >= 11 is 1.38. The summed E-state index contributed by atoms with van der Waals surface area (Å²) in [5, 5.41) is 7.80. The summed E-state index contributed by atoms with van der Waals surface area (Å²) in [5.74, 6) is 2.96. The number of amidine groups is 1. The summed E-state index contributed by atoms with van der Waals surface area (Å²) in [5.41, 5.74) is 9.63. The molecule has 0 bridgehead atoms. The summed E-state index contributed by atoms with van der Waals surface area (Å²) in [6, 6.07) is 7.35. The van der Waals surface area contributed by atoms with E-state index < -0.39 is 5.66 Å². The number of fused-ring (bicyclic) bond motifs is 1. The standard InChI is InChI=1S/C20H21N9O2S/c21-19-22-17(28-7-5-27(6-8-28)12-14-13-32-26-24-14)11-18-23-20(25-29(18)19,15-3-1-9-30-15)16-4-2-10-31-16/h1-4,9-11,13,25H,5-8,12H2,(H2,21,22). The molecular formula is C20H21N9O2S. The number of aromatic nitrogens is 2. The first kappa shape index (κ1) is 19.2. The van der Waals surface area contributed by atoms with Crippen LogP contribution in [0, 0.1) is 0 Å². The van der Waals surface area contributed by atoms with Crippen molar-refractivity contribution in [3.63, 3.8) is 0 Å². The van der Waals surface area contributed by atoms with E-state index in [1.807, 2.05) is 35.7 Å². The second kappa shape index (κ2) is 7.58. The molecular weight excluding hydrogens is 430 g/mol. The van der Waals surface area contributed by atoms with Gasteiger partial charge in [0.05, 0.1) is 18.2 Å². The van der Waals surface area contributed by atoms with Gasteiger partial charge in [0, 0.05) is 44.2 Å². The van der Waals surface area contributed by atoms with Crippen LogP contribution in [0.3, 0.4) is 0 Å². The third-order valence-electron chi connectivity index (χ3n) is 5.74. The number of hydrazine groups is 1. The Labute approximate surface area is 187 Å². The van der Waals surface area contributed by atoms with Crippen LogP contribution in [-0.4, -0.2) is 62.4 Å². The van der Waals surface area contributed by atoms with E-state index in [1.165, 1.54) is 11.5 Å². The van der Waals surface area contributed by atoms with Gasteiger partial charge in [-0.2, -0.15) is 10.4 Å². The molecule has 0 radical (unpaired) electrons. The minimum atomic E-state index is -1.05. The predicted molar refractivity (Wildman–Crippen MR) is 117 cm³/mol. The first-order valence-electron chi connectivity index (χ1n) is 10.3. The predicted octanol–water partition coefficient (Wildman–Crippen LogP) is 1.13. The Kier molecular flexibility index (Phi) is 4.56. The fourth-order valence-corrected chi connectivity index (χ4v) is 4.58. The van der Waals surface area contributed by atoms with Gasteiger partial charge in [-0.3, -0.25) is 4.90 Å². The van der Waals surface area contributed by atoms with E-state index in [0.29, 0.717) is 23.3 Å². The van der Waals surface area contributed by atoms with E-state index in [9.17, 15) is 0 Å². The van der Waals surface area contributed by atoms with Crippen LogP contribution in [0.25, 0.3) is 0 Å². The van der Waals surface area contributed by atoms with Crippen LogP contribution < -0.4 is 11.2 Å². The van der Waals surface area contributed by atoms with Crippen molar-refractivity contribution in [1.29, 1.82) is 0 Å². The number of hydrogen-bond acceptors (Lipinski definition) is 12. The summed E-state index contributed by atoms with van der Waals surface area (Å²) in [6.45, 7) is 4.29. The van der Waals surface area contributed by atoms with Gasteiger partial charge in [-0.25, -0.2) is 10.0 Å². The maximum Gasteiger partial charge on any atom is 0.246 e. The average molecular weight is 452 g/mol. The molecule has 6 heterocycles. The Bertz CT molecular complexity index is 1130. The van der Waals surface area contributed by atoms with Crippen molar-refractivity contribution in [2.75, 3.05) is 26.2 Å². The lowest BCUT2D eigenvalue weighted by Gasteiger charge is -2.37. The average Bonchev–Trinajstić information content (AvgIpc) is 3.61. The van der Waals surface area contributed by atoms with Gasteiger partial charge >= 0.3 is 0 Å². The van der Waals surface area contributed by atoms with Crippen LogP contribution >= 0.6 is 11.5 Å². The Balaban J connectivity index is 1.25. The lowest BCUT2D eigenvalue weighted by Crippen LogP contribution is -2.54. The molecule has 3 aliphatic rings. The number of hydrogen-bond donors (Lipinski definition) is 2. The van der Waals surface area contributed by atoms with Gasteiger partial charge in [0.1, 0.15) is 5.82 Å². The molecule has 12 heteroatoms. The molecule has 0 amide bonds. The first-order chi connectivity index (χ1) is 15.7. The molecule has 3 aliphatic heterocycles. The molecule has 3 aromatic heterocycles. The molecule has 1 saturated heterocycles. The van der Waals surface area contributed by atoms with Crippen LogP contribution in [0.2, 0.25) is 0 Å². The molecule has 11 nitrogen and oxygen atoms in total. The van der Waals surface area contributed by atoms with Gasteiger partial charge in [-0.05, 0) is 35.8 Å². The fraction of sp³-hybridized carbons (Fsp3) is 0.300. The van der Waals surface area contributed by atoms with Crippen LogP contribution in [0.4, 0.5) is 0 Å². The zero-order valence-electron chi connectivity index (χ0n) is 17.1. The molecule has 0 spiro atoms. The summed E-state index contributed by atoms with van der Waals surface area (Å²) < 4.78 is 15.3. The van der Waals surface area contributed by atoms with E-state index >= 15 is 0 Å². The maximum atomic E-state index is 6.34. The summed E-state index contributed by atoms with van der Waals surface area (Å²) in [6.07, 6.45) is 5.16. The first-order valence-corrected chi connectivity index (χ1v) is 11.1. The molecule has 0 aliphatic carbocycles. The molecule has 164 valence electrons. The number of nitrogens with two attached hydrogens (primary N) is 1. The highest BCUT2D eigenvalue weighted by molar-refractivity contribution is 7.03. The zero-order chi connectivity index (χ0) is 21.5. The topological polar surface area (TPSA) is 125 Å². The largest absolute Gasteiger partial charge is 0.465 e. The van der Waals surface area contributed by atoms with Gasteiger partial charge in [0.25, 0.3) is 0 Å². The van der Waals surface area contributed by atoms with E-state index in [0.717, 1.165) is 44.2 Å². The van der Waals surface area contributed by atoms with E-state index in [1.54, 1.807) is 17.5 Å². The Hall–Kier alpha value is -3.48. The number of rotatable bonds is 5. The second-order valence-electron chi connectivity index (χ2n) is 7.71. The molecule has 0 atom stereocenters. The number of furan rings is 2. The summed E-state index contributed by atoms with van der Waals surface area (Å²) in [7, 11) is 0. The van der Waals surface area contributed by atoms with E-state index in [-0.39, 0.29) is 0 Å². The number of guanidine groups is 1. The van der Waals surface area contributed by atoms with Crippen LogP contribution in [0.15, 0.2) is 72.9 Å². The summed E-state index contributed by atoms with van der Waals surface area (Å²) in [4.78, 5) is 14.2. The van der Waals surface area contributed by atoms with Gasteiger partial charge in [-0.15, -0.1) is 5.10 Å². The Morgan fingerprint density at radius 2 is 1.84 bits per heavy atom. The molecule has 3 N–H and O–H groups in total. The highest BCUT2D eigenvalue weighted by Gasteiger charge is 2.48. The number of nitrogens with one attached hydrogen (secondary N) is 1. The quantitative estimate of drug-likeness (QED) is 0.587. The van der Waals surface area contributed by atoms with Crippen molar-refractivity contribution >= 4 is 23.3 Å². The van der Waals surface area contributed by atoms with Crippen molar-refractivity contribution in [1.82, 2.24) is 29.8 Å². The molecule has 1 fully saturated rings. The van der Waals surface area contributed by atoms with Gasteiger partial charge in [0.15, 0.2) is 17.4 Å². The van der Waals surface area contributed by atoms with Crippen LogP contribution in [-0.2, 0) is 12.2 Å². The van der Waals surface area contributed by atoms with Crippen LogP contribution in [0.1, 0.15) is 17.2 Å². The number of nitrogens with zero attached hydrogens (tertiary/aromatic N) is 7. The van der Waals surface area contributed by atoms with Crippen molar-refractivity contribution in [3.05, 3.63) is 71.3 Å². The number of piperazine rings is 1. The van der Waals surface area contributed by atoms with Crippen molar-refractivity contribution in [3.8, 4) is 0 Å². The minimum Gasteiger partial charge on any atom is -0.465 e.